The summed E-state index contributed by atoms with van der Waals surface area (Å²) in [7, 11) is -6.19. The molecule has 2 N–H and O–H groups in total. The Kier molecular flexibility index (Phi) is 6.83. The molecule has 0 heterocycles. The highest BCUT2D eigenvalue weighted by atomic mass is 32.2. The Morgan fingerprint density at radius 3 is 2.04 bits per heavy atom. The van der Waals surface area contributed by atoms with E-state index in [1.165, 1.54) is 5.32 Å². The second kappa shape index (κ2) is 7.45. The summed E-state index contributed by atoms with van der Waals surface area (Å²) >= 11 is 0. The predicted octanol–water partition coefficient (Wildman–Crippen LogP) is 1.12. The van der Waals surface area contributed by atoms with E-state index < -0.39 is 51.4 Å². The van der Waals surface area contributed by atoms with Gasteiger partial charge in [-0.3, -0.25) is 9.35 Å². The summed E-state index contributed by atoms with van der Waals surface area (Å²) in [4.78, 5) is 23.0. The molecule has 1 atom stereocenters. The number of hydrogen-bond acceptors (Lipinski definition) is 6. The van der Waals surface area contributed by atoms with Crippen LogP contribution in [0.2, 0.25) is 0 Å². The first kappa shape index (κ1) is 22.9. The molecule has 1 amide bonds. The molecule has 0 fully saturated rings. The summed E-state index contributed by atoms with van der Waals surface area (Å²) in [6.07, 6.45) is -5.54. The lowest BCUT2D eigenvalue weighted by Gasteiger charge is -2.33. The highest BCUT2D eigenvalue weighted by molar-refractivity contribution is 7.86. The number of esters is 1. The SMILES string of the molecule is C=CNC(=O)C(OCC(F)(F)S(=O)(=O)O)(OC(=O)C(=C)C)C(F)(F)F. The molecule has 0 bridgehead atoms. The topological polar surface area (TPSA) is 119 Å². The van der Waals surface area contributed by atoms with E-state index in [-0.39, 0.29) is 0 Å². The fourth-order valence-electron chi connectivity index (χ4n) is 1.08. The van der Waals surface area contributed by atoms with Gasteiger partial charge in [0.25, 0.3) is 0 Å². The van der Waals surface area contributed by atoms with Crippen LogP contribution in [0.25, 0.3) is 0 Å². The Hall–Kier alpha value is -2.06. The number of nitrogens with one attached hydrogen (secondary N) is 1. The minimum Gasteiger partial charge on any atom is -0.412 e. The van der Waals surface area contributed by atoms with E-state index in [2.05, 4.69) is 22.6 Å². The van der Waals surface area contributed by atoms with Crippen LogP contribution in [0.4, 0.5) is 22.0 Å². The van der Waals surface area contributed by atoms with Gasteiger partial charge in [-0.2, -0.15) is 30.4 Å². The van der Waals surface area contributed by atoms with Crippen LogP contribution in [0.1, 0.15) is 6.92 Å². The number of carbonyl (C=O) groups excluding carboxylic acids is 2. The smallest absolute Gasteiger partial charge is 0.412 e. The third kappa shape index (κ3) is 5.20. The van der Waals surface area contributed by atoms with E-state index in [4.69, 9.17) is 4.55 Å². The number of hydrogen-bond donors (Lipinski definition) is 2. The van der Waals surface area contributed by atoms with Crippen LogP contribution in [-0.2, 0) is 29.2 Å². The van der Waals surface area contributed by atoms with Gasteiger partial charge in [-0.25, -0.2) is 4.79 Å². The summed E-state index contributed by atoms with van der Waals surface area (Å²) in [5.74, 6) is -8.83. The predicted molar refractivity (Wildman–Crippen MR) is 70.5 cm³/mol. The maximum atomic E-state index is 13.3. The highest BCUT2D eigenvalue weighted by Gasteiger charge is 2.67. The average Bonchev–Trinajstić information content (AvgIpc) is 2.40. The molecule has 8 nitrogen and oxygen atoms in total. The Labute approximate surface area is 138 Å². The molecule has 25 heavy (non-hydrogen) atoms. The van der Waals surface area contributed by atoms with Crippen molar-refractivity contribution >= 4 is 22.0 Å². The van der Waals surface area contributed by atoms with Crippen molar-refractivity contribution in [3.8, 4) is 0 Å². The maximum Gasteiger partial charge on any atom is 0.466 e. The van der Waals surface area contributed by atoms with E-state index in [0.717, 1.165) is 6.92 Å². The number of ether oxygens (including phenoxy) is 2. The first-order chi connectivity index (χ1) is 11.0. The number of rotatable bonds is 8. The Morgan fingerprint density at radius 1 is 1.24 bits per heavy atom. The molecular weight excluding hydrogens is 385 g/mol. The zero-order valence-corrected chi connectivity index (χ0v) is 13.2. The van der Waals surface area contributed by atoms with Crippen LogP contribution in [0.5, 0.6) is 0 Å². The zero-order chi connectivity index (χ0) is 20.3. The molecule has 0 aromatic carbocycles. The third-order valence-electron chi connectivity index (χ3n) is 2.31. The summed E-state index contributed by atoms with van der Waals surface area (Å²) in [5.41, 5.74) is -0.662. The second-order valence-corrected chi connectivity index (χ2v) is 5.91. The standard InChI is InChI=1S/C11H12F5NO7S/c1-4-17-8(19)10(11(14,15)16,24-7(18)6(2)3)23-5-9(12,13)25(20,21)22/h4H,1-2,5H2,3H3,(H,17,19)(H,20,21,22). The van der Waals surface area contributed by atoms with Crippen molar-refractivity contribution in [2.45, 2.75) is 24.1 Å². The van der Waals surface area contributed by atoms with E-state index in [0.29, 0.717) is 6.20 Å². The molecule has 0 aliphatic carbocycles. The summed E-state index contributed by atoms with van der Waals surface area (Å²) in [6.45, 7) is 4.01. The highest BCUT2D eigenvalue weighted by Crippen LogP contribution is 2.37. The van der Waals surface area contributed by atoms with Crippen LogP contribution in [0.3, 0.4) is 0 Å². The van der Waals surface area contributed by atoms with Crippen molar-refractivity contribution in [1.29, 1.82) is 0 Å². The molecule has 1 unspecified atom stereocenters. The van der Waals surface area contributed by atoms with Gasteiger partial charge in [0.2, 0.25) is 0 Å². The fourth-order valence-corrected chi connectivity index (χ4v) is 1.28. The summed E-state index contributed by atoms with van der Waals surface area (Å²) in [6, 6.07) is 0. The molecule has 144 valence electrons. The van der Waals surface area contributed by atoms with Gasteiger partial charge < -0.3 is 14.8 Å². The van der Waals surface area contributed by atoms with Gasteiger partial charge in [-0.05, 0) is 13.1 Å². The monoisotopic (exact) mass is 397 g/mol. The van der Waals surface area contributed by atoms with Crippen molar-refractivity contribution in [2.75, 3.05) is 6.61 Å². The lowest BCUT2D eigenvalue weighted by atomic mass is 10.2. The van der Waals surface area contributed by atoms with Crippen molar-refractivity contribution in [3.63, 3.8) is 0 Å². The first-order valence-electron chi connectivity index (χ1n) is 5.88. The molecule has 0 saturated heterocycles. The van der Waals surface area contributed by atoms with Gasteiger partial charge in [0.05, 0.1) is 0 Å². The molecular formula is C11H12F5NO7S. The number of halogens is 5. The van der Waals surface area contributed by atoms with E-state index in [9.17, 15) is 40.0 Å². The Morgan fingerprint density at radius 2 is 1.72 bits per heavy atom. The van der Waals surface area contributed by atoms with Crippen molar-refractivity contribution in [1.82, 2.24) is 5.32 Å². The fraction of sp³-hybridized carbons (Fsp3) is 0.455. The van der Waals surface area contributed by atoms with Crippen LogP contribution < -0.4 is 5.32 Å². The van der Waals surface area contributed by atoms with Gasteiger partial charge in [0, 0.05) is 5.57 Å². The van der Waals surface area contributed by atoms with Gasteiger partial charge in [0.15, 0.2) is 0 Å². The van der Waals surface area contributed by atoms with Gasteiger partial charge in [0.1, 0.15) is 6.61 Å². The molecule has 0 saturated carbocycles. The quantitative estimate of drug-likeness (QED) is 0.207. The third-order valence-corrected chi connectivity index (χ3v) is 3.18. The summed E-state index contributed by atoms with van der Waals surface area (Å²) < 4.78 is 103. The molecule has 0 radical (unpaired) electrons. The Bertz CT molecular complexity index is 673. The van der Waals surface area contributed by atoms with Crippen LogP contribution in [0, 0.1) is 0 Å². The lowest BCUT2D eigenvalue weighted by Crippen LogP contribution is -2.62. The second-order valence-electron chi connectivity index (χ2n) is 4.36. The largest absolute Gasteiger partial charge is 0.466 e. The van der Waals surface area contributed by atoms with Crippen molar-refractivity contribution < 1.29 is 54.0 Å². The van der Waals surface area contributed by atoms with Gasteiger partial charge in [-0.1, -0.05) is 13.2 Å². The summed E-state index contributed by atoms with van der Waals surface area (Å²) in [5, 5.41) is -3.91. The minimum atomic E-state index is -6.19. The molecule has 0 spiro atoms. The Balaban J connectivity index is 6.10. The van der Waals surface area contributed by atoms with Gasteiger partial charge >= 0.3 is 39.2 Å². The zero-order valence-electron chi connectivity index (χ0n) is 12.4. The van der Waals surface area contributed by atoms with E-state index in [1.807, 2.05) is 0 Å². The first-order valence-corrected chi connectivity index (χ1v) is 7.32. The number of carbonyl (C=O) groups is 2. The lowest BCUT2D eigenvalue weighted by molar-refractivity contribution is -0.352. The van der Waals surface area contributed by atoms with Crippen LogP contribution in [-0.4, -0.2) is 48.7 Å². The van der Waals surface area contributed by atoms with Crippen LogP contribution >= 0.6 is 0 Å². The molecule has 0 aromatic rings. The molecule has 0 aromatic heterocycles. The molecule has 0 aliphatic rings. The normalized spacial score (nSPS) is 15.0. The van der Waals surface area contributed by atoms with Crippen LogP contribution in [0.15, 0.2) is 24.9 Å². The van der Waals surface area contributed by atoms with Crippen molar-refractivity contribution in [3.05, 3.63) is 24.9 Å². The number of alkyl halides is 5. The molecule has 0 aliphatic heterocycles. The van der Waals surface area contributed by atoms with E-state index in [1.54, 1.807) is 0 Å². The van der Waals surface area contributed by atoms with Crippen molar-refractivity contribution in [2.24, 2.45) is 0 Å². The van der Waals surface area contributed by atoms with Gasteiger partial charge in [-0.15, -0.1) is 0 Å². The average molecular weight is 397 g/mol. The molecule has 0 rings (SSSR count). The molecule has 14 heteroatoms. The maximum absolute atomic E-state index is 13.3. The number of amides is 1. The van der Waals surface area contributed by atoms with E-state index >= 15 is 0 Å². The minimum absolute atomic E-state index is 0.391.